The van der Waals surface area contributed by atoms with Gasteiger partial charge in [0.15, 0.2) is 0 Å². The maximum atomic E-state index is 13.6. The summed E-state index contributed by atoms with van der Waals surface area (Å²) in [4.78, 5) is 18.0. The average Bonchev–Trinajstić information content (AvgIpc) is 2.46. The van der Waals surface area contributed by atoms with Crippen LogP contribution in [0, 0.1) is 5.82 Å². The van der Waals surface area contributed by atoms with Gasteiger partial charge in [0.25, 0.3) is 0 Å². The number of anilines is 1. The summed E-state index contributed by atoms with van der Waals surface area (Å²) in [7, 11) is 0. The molecule has 21 heavy (non-hydrogen) atoms. The number of pyridine rings is 1. The van der Waals surface area contributed by atoms with Crippen molar-refractivity contribution in [2.75, 3.05) is 24.5 Å². The molecule has 4 nitrogen and oxygen atoms in total. The number of amides is 1. The van der Waals surface area contributed by atoms with Gasteiger partial charge < -0.3 is 10.2 Å². The van der Waals surface area contributed by atoms with E-state index in [4.69, 9.17) is 0 Å². The lowest BCUT2D eigenvalue weighted by Gasteiger charge is -2.21. The smallest absolute Gasteiger partial charge is 0.239 e. The normalized spacial score (nSPS) is 10.7. The van der Waals surface area contributed by atoms with Gasteiger partial charge in [-0.15, -0.1) is 0 Å². The van der Waals surface area contributed by atoms with Crippen LogP contribution in [0.1, 0.15) is 13.8 Å². The number of aromatic nitrogens is 1. The molecule has 2 aromatic rings. The van der Waals surface area contributed by atoms with Crippen LogP contribution in [0.2, 0.25) is 0 Å². The van der Waals surface area contributed by atoms with Gasteiger partial charge >= 0.3 is 0 Å². The van der Waals surface area contributed by atoms with Crippen LogP contribution in [-0.2, 0) is 4.79 Å². The molecule has 0 unspecified atom stereocenters. The van der Waals surface area contributed by atoms with E-state index in [1.165, 1.54) is 6.07 Å². The van der Waals surface area contributed by atoms with Crippen molar-refractivity contribution in [3.05, 3.63) is 34.6 Å². The number of nitrogens with one attached hydrogen (secondary N) is 1. The number of rotatable bonds is 5. The molecule has 0 atom stereocenters. The Bertz CT molecular complexity index is 663. The van der Waals surface area contributed by atoms with Crippen molar-refractivity contribution in [1.82, 2.24) is 10.3 Å². The van der Waals surface area contributed by atoms with Gasteiger partial charge in [-0.1, -0.05) is 0 Å². The zero-order chi connectivity index (χ0) is 15.4. The Morgan fingerprint density at radius 2 is 2.14 bits per heavy atom. The Labute approximate surface area is 131 Å². The summed E-state index contributed by atoms with van der Waals surface area (Å²) in [6.45, 7) is 5.31. The molecular formula is C15H17BrFN3O. The molecule has 0 aliphatic heterocycles. The van der Waals surface area contributed by atoms with Crippen LogP contribution in [0.15, 0.2) is 28.7 Å². The van der Waals surface area contributed by atoms with E-state index in [1.807, 2.05) is 30.9 Å². The minimum absolute atomic E-state index is 0.0526. The fraction of sp³-hybridized carbons (Fsp3) is 0.333. The van der Waals surface area contributed by atoms with Crippen LogP contribution in [0.5, 0.6) is 0 Å². The maximum Gasteiger partial charge on any atom is 0.239 e. The SMILES string of the molecule is CCNC(=O)CN(CC)c1ccc2cc(Br)c(F)cc2n1. The van der Waals surface area contributed by atoms with Crippen molar-refractivity contribution in [2.45, 2.75) is 13.8 Å². The Morgan fingerprint density at radius 3 is 2.81 bits per heavy atom. The molecule has 2 rings (SSSR count). The number of likely N-dealkylation sites (N-methyl/N-ethyl adjacent to an activating group) is 2. The number of halogens is 2. The average molecular weight is 354 g/mol. The van der Waals surface area contributed by atoms with Gasteiger partial charge in [0.1, 0.15) is 11.6 Å². The summed E-state index contributed by atoms with van der Waals surface area (Å²) in [5, 5.41) is 3.61. The van der Waals surface area contributed by atoms with E-state index in [-0.39, 0.29) is 18.3 Å². The largest absolute Gasteiger partial charge is 0.355 e. The summed E-state index contributed by atoms with van der Waals surface area (Å²) in [5.41, 5.74) is 0.572. The molecular weight excluding hydrogens is 337 g/mol. The Hall–Kier alpha value is -1.69. The van der Waals surface area contributed by atoms with Gasteiger partial charge in [0.2, 0.25) is 5.91 Å². The third-order valence-electron chi connectivity index (χ3n) is 3.13. The number of carbonyl (C=O) groups is 1. The topological polar surface area (TPSA) is 45.2 Å². The van der Waals surface area contributed by atoms with Crippen molar-refractivity contribution in [2.24, 2.45) is 0 Å². The van der Waals surface area contributed by atoms with E-state index < -0.39 is 0 Å². The number of carbonyl (C=O) groups excluding carboxylic acids is 1. The number of benzene rings is 1. The van der Waals surface area contributed by atoms with E-state index in [9.17, 15) is 9.18 Å². The monoisotopic (exact) mass is 353 g/mol. The first-order valence-electron chi connectivity index (χ1n) is 6.82. The van der Waals surface area contributed by atoms with Crippen LogP contribution < -0.4 is 10.2 Å². The first kappa shape index (κ1) is 15.7. The molecule has 1 aromatic carbocycles. The predicted molar refractivity (Wildman–Crippen MR) is 86.0 cm³/mol. The molecule has 0 aliphatic rings. The Kier molecular flexibility index (Phi) is 5.12. The fourth-order valence-electron chi connectivity index (χ4n) is 2.06. The second-order valence-corrected chi connectivity index (χ2v) is 5.45. The van der Waals surface area contributed by atoms with Gasteiger partial charge in [0.05, 0.1) is 16.5 Å². The maximum absolute atomic E-state index is 13.6. The van der Waals surface area contributed by atoms with E-state index >= 15 is 0 Å². The molecule has 0 bridgehead atoms. The highest BCUT2D eigenvalue weighted by atomic mass is 79.9. The lowest BCUT2D eigenvalue weighted by atomic mass is 10.2. The summed E-state index contributed by atoms with van der Waals surface area (Å²) in [6, 6.07) is 6.81. The van der Waals surface area contributed by atoms with Crippen molar-refractivity contribution in [3.8, 4) is 0 Å². The van der Waals surface area contributed by atoms with E-state index in [0.717, 1.165) is 5.39 Å². The zero-order valence-corrected chi connectivity index (χ0v) is 13.6. The third kappa shape index (κ3) is 3.69. The minimum Gasteiger partial charge on any atom is -0.355 e. The Morgan fingerprint density at radius 1 is 1.38 bits per heavy atom. The van der Waals surface area contributed by atoms with Crippen LogP contribution in [0.3, 0.4) is 0 Å². The van der Waals surface area contributed by atoms with Crippen molar-refractivity contribution < 1.29 is 9.18 Å². The molecule has 0 saturated carbocycles. The zero-order valence-electron chi connectivity index (χ0n) is 12.0. The predicted octanol–water partition coefficient (Wildman–Crippen LogP) is 3.10. The molecule has 6 heteroatoms. The number of fused-ring (bicyclic) bond motifs is 1. The van der Waals surface area contributed by atoms with Crippen LogP contribution >= 0.6 is 15.9 Å². The van der Waals surface area contributed by atoms with Crippen LogP contribution in [0.25, 0.3) is 10.9 Å². The second-order valence-electron chi connectivity index (χ2n) is 4.60. The standard InChI is InChI=1S/C15H17BrFN3O/c1-3-18-15(21)9-20(4-2)14-6-5-10-7-11(16)12(17)8-13(10)19-14/h5-8H,3-4,9H2,1-2H3,(H,18,21). The number of hydrogen-bond donors (Lipinski definition) is 1. The summed E-state index contributed by atoms with van der Waals surface area (Å²) in [6.07, 6.45) is 0. The van der Waals surface area contributed by atoms with Crippen molar-refractivity contribution >= 4 is 38.6 Å². The molecule has 0 saturated heterocycles. The molecule has 0 aliphatic carbocycles. The van der Waals surface area contributed by atoms with E-state index in [0.29, 0.717) is 28.9 Å². The molecule has 0 fully saturated rings. The molecule has 0 spiro atoms. The second kappa shape index (κ2) is 6.85. The Balaban J connectivity index is 2.31. The molecule has 1 N–H and O–H groups in total. The summed E-state index contributed by atoms with van der Waals surface area (Å²) < 4.78 is 14.0. The summed E-state index contributed by atoms with van der Waals surface area (Å²) >= 11 is 3.16. The minimum atomic E-state index is -0.348. The van der Waals surface area contributed by atoms with Gasteiger partial charge in [-0.2, -0.15) is 0 Å². The van der Waals surface area contributed by atoms with E-state index in [2.05, 4.69) is 26.2 Å². The lowest BCUT2D eigenvalue weighted by molar-refractivity contribution is -0.119. The van der Waals surface area contributed by atoms with Gasteiger partial charge in [-0.05, 0) is 48.0 Å². The van der Waals surface area contributed by atoms with Crippen molar-refractivity contribution in [1.29, 1.82) is 0 Å². The van der Waals surface area contributed by atoms with Gasteiger partial charge in [0, 0.05) is 24.5 Å². The van der Waals surface area contributed by atoms with E-state index in [1.54, 1.807) is 6.07 Å². The number of hydrogen-bond acceptors (Lipinski definition) is 3. The fourth-order valence-corrected chi connectivity index (χ4v) is 2.43. The van der Waals surface area contributed by atoms with Gasteiger partial charge in [-0.3, -0.25) is 4.79 Å². The molecule has 0 radical (unpaired) electrons. The molecule has 1 aromatic heterocycles. The highest BCUT2D eigenvalue weighted by Crippen LogP contribution is 2.24. The first-order chi connectivity index (χ1) is 10.0. The molecule has 112 valence electrons. The molecule has 1 amide bonds. The highest BCUT2D eigenvalue weighted by Gasteiger charge is 2.12. The van der Waals surface area contributed by atoms with Crippen LogP contribution in [-0.4, -0.2) is 30.5 Å². The number of nitrogens with zero attached hydrogens (tertiary/aromatic N) is 2. The first-order valence-corrected chi connectivity index (χ1v) is 7.62. The van der Waals surface area contributed by atoms with Crippen molar-refractivity contribution in [3.63, 3.8) is 0 Å². The lowest BCUT2D eigenvalue weighted by Crippen LogP contribution is -2.37. The third-order valence-corrected chi connectivity index (χ3v) is 3.74. The highest BCUT2D eigenvalue weighted by molar-refractivity contribution is 9.10. The van der Waals surface area contributed by atoms with Gasteiger partial charge in [-0.25, -0.2) is 9.37 Å². The summed E-state index contributed by atoms with van der Waals surface area (Å²) in [5.74, 6) is 0.264. The molecule has 1 heterocycles. The van der Waals surface area contributed by atoms with Crippen LogP contribution in [0.4, 0.5) is 10.2 Å². The quantitative estimate of drug-likeness (QED) is 0.898.